The van der Waals surface area contributed by atoms with Crippen LogP contribution in [0.5, 0.6) is 0 Å². The van der Waals surface area contributed by atoms with Crippen LogP contribution in [0, 0.1) is 11.6 Å². The topological polar surface area (TPSA) is 43.1 Å². The van der Waals surface area contributed by atoms with E-state index in [1.807, 2.05) is 0 Å². The predicted octanol–water partition coefficient (Wildman–Crippen LogP) is 2.78. The van der Waals surface area contributed by atoms with Crippen LogP contribution in [0.2, 0.25) is 0 Å². The molecular formula is C13H9F2NO. The number of hydrogen-bond donors (Lipinski definition) is 1. The summed E-state index contributed by atoms with van der Waals surface area (Å²) >= 11 is 0. The summed E-state index contributed by atoms with van der Waals surface area (Å²) in [5.74, 6) is -2.38. The fourth-order valence-electron chi connectivity index (χ4n) is 1.44. The number of carbonyl (C=O) groups is 1. The first kappa shape index (κ1) is 11.3. The van der Waals surface area contributed by atoms with Gasteiger partial charge < -0.3 is 5.73 Å². The summed E-state index contributed by atoms with van der Waals surface area (Å²) in [6.07, 6.45) is 0. The average molecular weight is 233 g/mol. The lowest BCUT2D eigenvalue weighted by atomic mass is 10.0. The van der Waals surface area contributed by atoms with Crippen molar-refractivity contribution in [2.45, 2.75) is 0 Å². The smallest absolute Gasteiger partial charge is 0.193 e. The summed E-state index contributed by atoms with van der Waals surface area (Å²) in [7, 11) is 0. The van der Waals surface area contributed by atoms with Gasteiger partial charge in [0.15, 0.2) is 17.4 Å². The minimum atomic E-state index is -1.04. The van der Waals surface area contributed by atoms with Crippen LogP contribution in [-0.2, 0) is 0 Å². The molecule has 0 aliphatic heterocycles. The summed E-state index contributed by atoms with van der Waals surface area (Å²) in [6.45, 7) is 0. The number of ketones is 1. The van der Waals surface area contributed by atoms with Crippen LogP contribution >= 0.6 is 0 Å². The third-order valence-corrected chi connectivity index (χ3v) is 2.35. The van der Waals surface area contributed by atoms with E-state index in [4.69, 9.17) is 5.73 Å². The van der Waals surface area contributed by atoms with Gasteiger partial charge in [-0.25, -0.2) is 8.78 Å². The van der Waals surface area contributed by atoms with Gasteiger partial charge in [0.25, 0.3) is 0 Å². The number of carbonyl (C=O) groups excluding carboxylic acids is 1. The summed E-state index contributed by atoms with van der Waals surface area (Å²) in [4.78, 5) is 11.9. The fraction of sp³-hybridized carbons (Fsp3) is 0. The van der Waals surface area contributed by atoms with E-state index < -0.39 is 11.6 Å². The summed E-state index contributed by atoms with van der Waals surface area (Å²) in [5, 5.41) is 0. The molecule has 17 heavy (non-hydrogen) atoms. The van der Waals surface area contributed by atoms with Crippen molar-refractivity contribution in [2.75, 3.05) is 5.73 Å². The van der Waals surface area contributed by atoms with Gasteiger partial charge in [-0.15, -0.1) is 0 Å². The van der Waals surface area contributed by atoms with E-state index in [0.717, 1.165) is 12.1 Å². The number of hydrogen-bond acceptors (Lipinski definition) is 2. The lowest BCUT2D eigenvalue weighted by Gasteiger charge is -2.02. The maximum absolute atomic E-state index is 13.0. The number of benzene rings is 2. The number of nitrogen functional groups attached to an aromatic ring is 1. The largest absolute Gasteiger partial charge is 0.399 e. The highest BCUT2D eigenvalue weighted by atomic mass is 19.2. The van der Waals surface area contributed by atoms with E-state index in [-0.39, 0.29) is 11.3 Å². The summed E-state index contributed by atoms with van der Waals surface area (Å²) in [6, 6.07) is 9.29. The molecule has 0 atom stereocenters. The summed E-state index contributed by atoms with van der Waals surface area (Å²) < 4.78 is 25.7. The van der Waals surface area contributed by atoms with Gasteiger partial charge in [0, 0.05) is 16.8 Å². The Labute approximate surface area is 96.7 Å². The molecular weight excluding hydrogens is 224 g/mol. The fourth-order valence-corrected chi connectivity index (χ4v) is 1.44. The molecule has 4 heteroatoms. The number of rotatable bonds is 2. The van der Waals surface area contributed by atoms with Crippen molar-refractivity contribution in [3.8, 4) is 0 Å². The Morgan fingerprint density at radius 1 is 0.882 bits per heavy atom. The van der Waals surface area contributed by atoms with Gasteiger partial charge >= 0.3 is 0 Å². The molecule has 0 unspecified atom stereocenters. The Bertz CT molecular complexity index is 564. The zero-order chi connectivity index (χ0) is 12.4. The molecule has 0 amide bonds. The monoisotopic (exact) mass is 233 g/mol. The summed E-state index contributed by atoms with van der Waals surface area (Å²) in [5.41, 5.74) is 6.51. The van der Waals surface area contributed by atoms with Crippen LogP contribution in [0.15, 0.2) is 42.5 Å². The SMILES string of the molecule is Nc1ccc(C(=O)c2ccc(F)c(F)c2)cc1. The second kappa shape index (κ2) is 4.33. The first-order valence-electron chi connectivity index (χ1n) is 4.93. The van der Waals surface area contributed by atoms with Gasteiger partial charge in [-0.2, -0.15) is 0 Å². The number of anilines is 1. The van der Waals surface area contributed by atoms with E-state index in [2.05, 4.69) is 0 Å². The molecule has 0 aliphatic carbocycles. The average Bonchev–Trinajstić information content (AvgIpc) is 2.33. The molecule has 0 saturated carbocycles. The molecule has 2 nitrogen and oxygen atoms in total. The minimum Gasteiger partial charge on any atom is -0.399 e. The zero-order valence-electron chi connectivity index (χ0n) is 8.78. The second-order valence-corrected chi connectivity index (χ2v) is 3.58. The third kappa shape index (κ3) is 2.30. The molecule has 86 valence electrons. The molecule has 0 heterocycles. The van der Waals surface area contributed by atoms with E-state index in [9.17, 15) is 13.6 Å². The van der Waals surface area contributed by atoms with Crippen molar-refractivity contribution in [3.63, 3.8) is 0 Å². The van der Waals surface area contributed by atoms with Crippen LogP contribution < -0.4 is 5.73 Å². The van der Waals surface area contributed by atoms with Gasteiger partial charge in [-0.05, 0) is 42.5 Å². The van der Waals surface area contributed by atoms with Crippen molar-refractivity contribution in [1.82, 2.24) is 0 Å². The highest BCUT2D eigenvalue weighted by molar-refractivity contribution is 6.09. The lowest BCUT2D eigenvalue weighted by Crippen LogP contribution is -2.02. The standard InChI is InChI=1S/C13H9F2NO/c14-11-6-3-9(7-12(11)15)13(17)8-1-4-10(16)5-2-8/h1-7H,16H2. The van der Waals surface area contributed by atoms with Crippen LogP contribution in [0.3, 0.4) is 0 Å². The van der Waals surface area contributed by atoms with E-state index in [1.165, 1.54) is 6.07 Å². The van der Waals surface area contributed by atoms with Gasteiger partial charge in [0.2, 0.25) is 0 Å². The van der Waals surface area contributed by atoms with Gasteiger partial charge in [-0.3, -0.25) is 4.79 Å². The van der Waals surface area contributed by atoms with Crippen molar-refractivity contribution >= 4 is 11.5 Å². The third-order valence-electron chi connectivity index (χ3n) is 2.35. The highest BCUT2D eigenvalue weighted by Crippen LogP contribution is 2.14. The van der Waals surface area contributed by atoms with E-state index >= 15 is 0 Å². The molecule has 0 radical (unpaired) electrons. The Hall–Kier alpha value is -2.23. The molecule has 2 N–H and O–H groups in total. The van der Waals surface area contributed by atoms with Crippen LogP contribution in [-0.4, -0.2) is 5.78 Å². The first-order chi connectivity index (χ1) is 8.08. The number of halogens is 2. The van der Waals surface area contributed by atoms with Gasteiger partial charge in [0.05, 0.1) is 0 Å². The second-order valence-electron chi connectivity index (χ2n) is 3.58. The highest BCUT2D eigenvalue weighted by Gasteiger charge is 2.11. The molecule has 2 rings (SSSR count). The van der Waals surface area contributed by atoms with E-state index in [0.29, 0.717) is 11.3 Å². The Balaban J connectivity index is 2.37. The molecule has 2 aromatic rings. The van der Waals surface area contributed by atoms with Crippen molar-refractivity contribution < 1.29 is 13.6 Å². The molecule has 0 saturated heterocycles. The molecule has 0 fully saturated rings. The van der Waals surface area contributed by atoms with Crippen molar-refractivity contribution in [1.29, 1.82) is 0 Å². The predicted molar refractivity (Wildman–Crippen MR) is 60.6 cm³/mol. The molecule has 2 aromatic carbocycles. The normalized spacial score (nSPS) is 10.2. The van der Waals surface area contributed by atoms with Gasteiger partial charge in [0.1, 0.15) is 0 Å². The van der Waals surface area contributed by atoms with Crippen LogP contribution in [0.25, 0.3) is 0 Å². The zero-order valence-corrected chi connectivity index (χ0v) is 8.78. The maximum atomic E-state index is 13.0. The lowest BCUT2D eigenvalue weighted by molar-refractivity contribution is 0.103. The van der Waals surface area contributed by atoms with Crippen molar-refractivity contribution in [3.05, 3.63) is 65.2 Å². The Morgan fingerprint density at radius 3 is 2.06 bits per heavy atom. The number of nitrogens with two attached hydrogens (primary N) is 1. The van der Waals surface area contributed by atoms with Crippen molar-refractivity contribution in [2.24, 2.45) is 0 Å². The van der Waals surface area contributed by atoms with E-state index in [1.54, 1.807) is 24.3 Å². The molecule has 0 bridgehead atoms. The first-order valence-corrected chi connectivity index (χ1v) is 4.93. The Morgan fingerprint density at radius 2 is 1.47 bits per heavy atom. The molecule has 0 aromatic heterocycles. The maximum Gasteiger partial charge on any atom is 0.193 e. The minimum absolute atomic E-state index is 0.105. The van der Waals surface area contributed by atoms with Crippen LogP contribution in [0.4, 0.5) is 14.5 Å². The van der Waals surface area contributed by atoms with Gasteiger partial charge in [-0.1, -0.05) is 0 Å². The quantitative estimate of drug-likeness (QED) is 0.640. The van der Waals surface area contributed by atoms with Crippen LogP contribution in [0.1, 0.15) is 15.9 Å². The Kier molecular flexibility index (Phi) is 2.87. The molecule has 0 spiro atoms. The molecule has 0 aliphatic rings.